The Labute approximate surface area is 150 Å². The summed E-state index contributed by atoms with van der Waals surface area (Å²) in [5.41, 5.74) is 4.66. The molecule has 2 aromatic heterocycles. The number of nitrogens with one attached hydrogen (secondary N) is 1. The molecule has 1 amide bonds. The summed E-state index contributed by atoms with van der Waals surface area (Å²) in [6, 6.07) is 13.7. The smallest absolute Gasteiger partial charge is 0.234 e. The zero-order chi connectivity index (χ0) is 17.6. The van der Waals surface area contributed by atoms with Crippen LogP contribution < -0.4 is 5.32 Å². The molecule has 0 saturated carbocycles. The van der Waals surface area contributed by atoms with Crippen molar-refractivity contribution in [1.82, 2.24) is 15.0 Å². The third kappa shape index (κ3) is 4.87. The quantitative estimate of drug-likeness (QED) is 0.558. The van der Waals surface area contributed by atoms with E-state index in [-0.39, 0.29) is 11.7 Å². The lowest BCUT2D eigenvalue weighted by molar-refractivity contribution is -0.113. The molecule has 0 aliphatic carbocycles. The van der Waals surface area contributed by atoms with E-state index in [0.29, 0.717) is 10.8 Å². The average Bonchev–Trinajstić information content (AvgIpc) is 2.61. The lowest BCUT2D eigenvalue weighted by Gasteiger charge is -2.07. The minimum atomic E-state index is -0.111. The number of hydrogen-bond acceptors (Lipinski definition) is 5. The van der Waals surface area contributed by atoms with Gasteiger partial charge < -0.3 is 5.32 Å². The number of amides is 1. The molecule has 3 rings (SSSR count). The Morgan fingerprint density at radius 2 is 1.92 bits per heavy atom. The van der Waals surface area contributed by atoms with E-state index in [1.165, 1.54) is 17.3 Å². The summed E-state index contributed by atoms with van der Waals surface area (Å²) < 4.78 is 0. The topological polar surface area (TPSA) is 67.8 Å². The van der Waals surface area contributed by atoms with Crippen molar-refractivity contribution in [3.63, 3.8) is 0 Å². The fourth-order valence-electron chi connectivity index (χ4n) is 2.24. The minimum Gasteiger partial charge on any atom is -0.324 e. The van der Waals surface area contributed by atoms with Crippen molar-refractivity contribution >= 4 is 23.4 Å². The van der Waals surface area contributed by atoms with E-state index in [4.69, 9.17) is 0 Å². The van der Waals surface area contributed by atoms with Gasteiger partial charge in [0.2, 0.25) is 5.91 Å². The zero-order valence-corrected chi connectivity index (χ0v) is 14.9. The molecule has 0 unspecified atom stereocenters. The van der Waals surface area contributed by atoms with Gasteiger partial charge in [0, 0.05) is 17.5 Å². The van der Waals surface area contributed by atoms with Crippen LogP contribution in [0.25, 0.3) is 11.3 Å². The second-order valence-corrected chi connectivity index (χ2v) is 6.56. The first-order valence-corrected chi connectivity index (χ1v) is 8.84. The summed E-state index contributed by atoms with van der Waals surface area (Å²) in [5.74, 6) is 0.131. The number of hydrogen-bond donors (Lipinski definition) is 1. The molecule has 0 bridgehead atoms. The molecule has 25 heavy (non-hydrogen) atoms. The highest BCUT2D eigenvalue weighted by Crippen LogP contribution is 2.22. The molecule has 1 aromatic carbocycles. The Balaban J connectivity index is 1.68. The van der Waals surface area contributed by atoms with Gasteiger partial charge >= 0.3 is 0 Å². The lowest BCUT2D eigenvalue weighted by Crippen LogP contribution is -2.14. The van der Waals surface area contributed by atoms with Crippen LogP contribution >= 0.6 is 11.8 Å². The Morgan fingerprint density at radius 1 is 1.12 bits per heavy atom. The summed E-state index contributed by atoms with van der Waals surface area (Å²) >= 11 is 1.32. The molecule has 3 aromatic rings. The van der Waals surface area contributed by atoms with Crippen LogP contribution in [-0.4, -0.2) is 26.6 Å². The number of carbonyl (C=O) groups excluding carboxylic acids is 1. The van der Waals surface area contributed by atoms with E-state index in [1.54, 1.807) is 24.5 Å². The summed E-state index contributed by atoms with van der Waals surface area (Å²) in [6.45, 7) is 3.98. The van der Waals surface area contributed by atoms with Crippen LogP contribution in [0.4, 0.5) is 5.69 Å². The highest BCUT2D eigenvalue weighted by atomic mass is 32.2. The fourth-order valence-corrected chi connectivity index (χ4v) is 2.95. The van der Waals surface area contributed by atoms with Gasteiger partial charge in [0.15, 0.2) is 5.16 Å². The van der Waals surface area contributed by atoms with Crippen molar-refractivity contribution < 1.29 is 4.79 Å². The molecule has 0 aliphatic rings. The van der Waals surface area contributed by atoms with Crippen molar-refractivity contribution in [3.05, 3.63) is 66.1 Å². The molecule has 0 atom stereocenters. The molecular formula is C19H18N4OS. The molecule has 0 saturated heterocycles. The Bertz CT molecular complexity index is 866. The molecule has 0 radical (unpaired) electrons. The van der Waals surface area contributed by atoms with Crippen molar-refractivity contribution in [2.45, 2.75) is 19.0 Å². The molecule has 6 heteroatoms. The first-order valence-electron chi connectivity index (χ1n) is 7.85. The predicted octanol–water partition coefficient (Wildman–Crippen LogP) is 3.89. The molecule has 0 fully saturated rings. The predicted molar refractivity (Wildman–Crippen MR) is 101 cm³/mol. The Kier molecular flexibility index (Phi) is 5.40. The van der Waals surface area contributed by atoms with Crippen LogP contribution in [-0.2, 0) is 4.79 Å². The SMILES string of the molecule is Cc1ccc(-c2cc(C)nc(SCC(=O)Nc3cccnc3)n2)cc1. The summed E-state index contributed by atoms with van der Waals surface area (Å²) in [6.07, 6.45) is 3.28. The van der Waals surface area contributed by atoms with Crippen molar-refractivity contribution in [1.29, 1.82) is 0 Å². The molecule has 1 N–H and O–H groups in total. The third-order valence-corrected chi connectivity index (χ3v) is 4.31. The normalized spacial score (nSPS) is 10.5. The van der Waals surface area contributed by atoms with E-state index >= 15 is 0 Å². The number of benzene rings is 1. The van der Waals surface area contributed by atoms with E-state index in [1.807, 2.05) is 25.1 Å². The number of nitrogens with zero attached hydrogens (tertiary/aromatic N) is 3. The van der Waals surface area contributed by atoms with Crippen molar-refractivity contribution in [3.8, 4) is 11.3 Å². The molecule has 0 spiro atoms. The van der Waals surface area contributed by atoms with Gasteiger partial charge in [-0.1, -0.05) is 41.6 Å². The largest absolute Gasteiger partial charge is 0.324 e. The van der Waals surface area contributed by atoms with Crippen molar-refractivity contribution in [2.75, 3.05) is 11.1 Å². The van der Waals surface area contributed by atoms with Crippen LogP contribution in [0.1, 0.15) is 11.3 Å². The van der Waals surface area contributed by atoms with Gasteiger partial charge in [-0.15, -0.1) is 0 Å². The van der Waals surface area contributed by atoms with Crippen LogP contribution in [0, 0.1) is 13.8 Å². The lowest BCUT2D eigenvalue weighted by atomic mass is 10.1. The zero-order valence-electron chi connectivity index (χ0n) is 14.1. The number of rotatable bonds is 5. The molecule has 0 aliphatic heterocycles. The molecule has 126 valence electrons. The standard InChI is InChI=1S/C19H18N4OS/c1-13-5-7-15(8-6-13)17-10-14(2)21-19(23-17)25-12-18(24)22-16-4-3-9-20-11-16/h3-11H,12H2,1-2H3,(H,22,24). The maximum Gasteiger partial charge on any atom is 0.234 e. The van der Waals surface area contributed by atoms with Gasteiger partial charge in [0.05, 0.1) is 23.3 Å². The summed E-state index contributed by atoms with van der Waals surface area (Å²) in [4.78, 5) is 25.0. The fraction of sp³-hybridized carbons (Fsp3) is 0.158. The number of pyridine rings is 1. The Hall–Kier alpha value is -2.73. The van der Waals surface area contributed by atoms with E-state index < -0.39 is 0 Å². The second-order valence-electron chi connectivity index (χ2n) is 5.62. The van der Waals surface area contributed by atoms with Crippen LogP contribution in [0.3, 0.4) is 0 Å². The second kappa shape index (κ2) is 7.90. The third-order valence-electron chi connectivity index (χ3n) is 3.46. The average molecular weight is 350 g/mol. The monoisotopic (exact) mass is 350 g/mol. The van der Waals surface area contributed by atoms with E-state index in [2.05, 4.69) is 39.3 Å². The van der Waals surface area contributed by atoms with Gasteiger partial charge in [0.25, 0.3) is 0 Å². The highest BCUT2D eigenvalue weighted by molar-refractivity contribution is 7.99. The highest BCUT2D eigenvalue weighted by Gasteiger charge is 2.09. The number of thioether (sulfide) groups is 1. The van der Waals surface area contributed by atoms with Crippen LogP contribution in [0.5, 0.6) is 0 Å². The van der Waals surface area contributed by atoms with Gasteiger partial charge in [-0.05, 0) is 32.0 Å². The molecule has 2 heterocycles. The number of anilines is 1. The van der Waals surface area contributed by atoms with E-state index in [0.717, 1.165) is 17.0 Å². The van der Waals surface area contributed by atoms with Gasteiger partial charge in [-0.2, -0.15) is 0 Å². The van der Waals surface area contributed by atoms with Crippen molar-refractivity contribution in [2.24, 2.45) is 0 Å². The van der Waals surface area contributed by atoms with Gasteiger partial charge in [0.1, 0.15) is 0 Å². The van der Waals surface area contributed by atoms with Crippen LogP contribution in [0.15, 0.2) is 60.0 Å². The molecule has 5 nitrogen and oxygen atoms in total. The maximum absolute atomic E-state index is 12.0. The summed E-state index contributed by atoms with van der Waals surface area (Å²) in [7, 11) is 0. The van der Waals surface area contributed by atoms with Crippen LogP contribution in [0.2, 0.25) is 0 Å². The van der Waals surface area contributed by atoms with Gasteiger partial charge in [-0.25, -0.2) is 9.97 Å². The number of carbonyl (C=O) groups is 1. The van der Waals surface area contributed by atoms with E-state index in [9.17, 15) is 4.79 Å². The first-order chi connectivity index (χ1) is 12.1. The molecular weight excluding hydrogens is 332 g/mol. The number of aromatic nitrogens is 3. The number of aryl methyl sites for hydroxylation is 2. The first kappa shape index (κ1) is 17.1. The minimum absolute atomic E-state index is 0.111. The summed E-state index contributed by atoms with van der Waals surface area (Å²) in [5, 5.41) is 3.40. The van der Waals surface area contributed by atoms with Gasteiger partial charge in [-0.3, -0.25) is 9.78 Å². The maximum atomic E-state index is 12.0. The Morgan fingerprint density at radius 3 is 2.64 bits per heavy atom.